The third kappa shape index (κ3) is 3.98. The maximum atomic E-state index is 16.1. The third-order valence-corrected chi connectivity index (χ3v) is 7.66. The smallest absolute Gasteiger partial charge is 0.256 e. The number of anilines is 1. The maximum Gasteiger partial charge on any atom is 0.256 e. The Morgan fingerprint density at radius 3 is 2.39 bits per heavy atom. The standard InChI is InChI=1S/C30H24ClF2N3O2/c1-17(32)30(38)36-14-12-35(13-15-36)25-11-10-22-27(28(25)33)21-9-8-19(16-24(21)34-29(22)37)20-6-2-4-18-5-3-7-23(31)26(18)20/h2-11,16-17H,12-15H2,1H3,(H,34,37). The van der Waals surface area contributed by atoms with E-state index in [1.807, 2.05) is 59.5 Å². The lowest BCUT2D eigenvalue weighted by molar-refractivity contribution is -0.136. The number of hydrogen-bond donors (Lipinski definition) is 1. The van der Waals surface area contributed by atoms with Crippen LogP contribution in [0.25, 0.3) is 43.6 Å². The Kier molecular flexibility index (Phi) is 6.03. The number of nitrogens with one attached hydrogen (secondary N) is 1. The van der Waals surface area contributed by atoms with Gasteiger partial charge in [0.2, 0.25) is 0 Å². The van der Waals surface area contributed by atoms with Crippen LogP contribution in [-0.4, -0.2) is 48.1 Å². The topological polar surface area (TPSA) is 56.4 Å². The number of piperazine rings is 1. The second-order valence-electron chi connectivity index (χ2n) is 9.61. The fourth-order valence-corrected chi connectivity index (χ4v) is 5.72. The fraction of sp³-hybridized carbons (Fsp3) is 0.200. The highest BCUT2D eigenvalue weighted by molar-refractivity contribution is 6.36. The van der Waals surface area contributed by atoms with Crippen molar-refractivity contribution in [3.05, 3.63) is 87.9 Å². The van der Waals surface area contributed by atoms with Crippen molar-refractivity contribution in [2.24, 2.45) is 0 Å². The molecule has 1 N–H and O–H groups in total. The van der Waals surface area contributed by atoms with Crippen LogP contribution in [0.1, 0.15) is 6.92 Å². The molecule has 1 aliphatic heterocycles. The van der Waals surface area contributed by atoms with E-state index in [-0.39, 0.29) is 16.3 Å². The second-order valence-corrected chi connectivity index (χ2v) is 10.0. The van der Waals surface area contributed by atoms with Crippen molar-refractivity contribution in [1.82, 2.24) is 9.88 Å². The van der Waals surface area contributed by atoms with E-state index in [2.05, 4.69) is 4.98 Å². The van der Waals surface area contributed by atoms with E-state index in [1.54, 1.807) is 12.1 Å². The number of H-pyrrole nitrogens is 1. The molecule has 38 heavy (non-hydrogen) atoms. The van der Waals surface area contributed by atoms with Crippen LogP contribution in [-0.2, 0) is 4.79 Å². The number of pyridine rings is 1. The number of alkyl halides is 1. The van der Waals surface area contributed by atoms with E-state index in [1.165, 1.54) is 11.8 Å². The number of carbonyl (C=O) groups excluding carboxylic acids is 1. The van der Waals surface area contributed by atoms with Crippen LogP contribution >= 0.6 is 11.6 Å². The van der Waals surface area contributed by atoms with Gasteiger partial charge in [-0.15, -0.1) is 0 Å². The molecule has 0 aliphatic carbocycles. The van der Waals surface area contributed by atoms with Gasteiger partial charge in [-0.2, -0.15) is 0 Å². The van der Waals surface area contributed by atoms with Crippen molar-refractivity contribution < 1.29 is 13.6 Å². The van der Waals surface area contributed by atoms with E-state index in [9.17, 15) is 14.0 Å². The Bertz CT molecular complexity index is 1790. The van der Waals surface area contributed by atoms with E-state index < -0.39 is 17.9 Å². The van der Waals surface area contributed by atoms with Gasteiger partial charge in [0.05, 0.1) is 11.1 Å². The zero-order chi connectivity index (χ0) is 26.6. The number of nitrogens with zero attached hydrogens (tertiary/aromatic N) is 2. The molecule has 6 rings (SSSR count). The largest absolute Gasteiger partial charge is 0.366 e. The number of hydrogen-bond acceptors (Lipinski definition) is 3. The molecule has 0 spiro atoms. The van der Waals surface area contributed by atoms with Gasteiger partial charge in [-0.1, -0.05) is 54.1 Å². The van der Waals surface area contributed by atoms with E-state index in [0.29, 0.717) is 47.8 Å². The molecule has 192 valence electrons. The molecule has 5 nitrogen and oxygen atoms in total. The highest BCUT2D eigenvalue weighted by Gasteiger charge is 2.27. The van der Waals surface area contributed by atoms with Gasteiger partial charge in [-0.25, -0.2) is 8.78 Å². The first-order valence-corrected chi connectivity index (χ1v) is 12.8. The lowest BCUT2D eigenvalue weighted by atomic mass is 9.96. The third-order valence-electron chi connectivity index (χ3n) is 7.34. The molecule has 1 aliphatic rings. The van der Waals surface area contributed by atoms with Gasteiger partial charge in [0, 0.05) is 52.9 Å². The van der Waals surface area contributed by atoms with Crippen LogP contribution in [0.2, 0.25) is 5.02 Å². The van der Waals surface area contributed by atoms with Crippen molar-refractivity contribution in [3.63, 3.8) is 0 Å². The minimum Gasteiger partial charge on any atom is -0.366 e. The second kappa shape index (κ2) is 9.40. The molecule has 5 aromatic rings. The van der Waals surface area contributed by atoms with Crippen molar-refractivity contribution >= 4 is 55.6 Å². The number of aromatic amines is 1. The van der Waals surface area contributed by atoms with Crippen molar-refractivity contribution in [1.29, 1.82) is 0 Å². The molecule has 1 fully saturated rings. The SMILES string of the molecule is CC(F)C(=O)N1CCN(c2ccc3c(=O)[nH]c4cc(-c5cccc6cccc(Cl)c56)ccc4c3c2F)CC1. The molecular weight excluding hydrogens is 508 g/mol. The number of rotatable bonds is 3. The van der Waals surface area contributed by atoms with Gasteiger partial charge in [0.1, 0.15) is 0 Å². The summed E-state index contributed by atoms with van der Waals surface area (Å²) in [5.74, 6) is -1.04. The Balaban J connectivity index is 1.45. The average Bonchev–Trinajstić information content (AvgIpc) is 2.92. The highest BCUT2D eigenvalue weighted by atomic mass is 35.5. The fourth-order valence-electron chi connectivity index (χ4n) is 5.44. The van der Waals surface area contributed by atoms with Crippen LogP contribution in [0.15, 0.2) is 71.5 Å². The summed E-state index contributed by atoms with van der Waals surface area (Å²) in [6, 6.07) is 20.5. The Labute approximate surface area is 222 Å². The number of carbonyl (C=O) groups is 1. The average molecular weight is 532 g/mol. The van der Waals surface area contributed by atoms with Gasteiger partial charge < -0.3 is 14.8 Å². The van der Waals surface area contributed by atoms with Crippen LogP contribution in [0.3, 0.4) is 0 Å². The molecule has 4 aromatic carbocycles. The van der Waals surface area contributed by atoms with Crippen LogP contribution < -0.4 is 10.5 Å². The number of fused-ring (bicyclic) bond motifs is 4. The molecule has 1 amide bonds. The summed E-state index contributed by atoms with van der Waals surface area (Å²) < 4.78 is 29.5. The van der Waals surface area contributed by atoms with Crippen LogP contribution in [0, 0.1) is 5.82 Å². The minimum atomic E-state index is -1.56. The molecule has 1 atom stereocenters. The Morgan fingerprint density at radius 1 is 0.947 bits per heavy atom. The van der Waals surface area contributed by atoms with E-state index in [0.717, 1.165) is 21.9 Å². The zero-order valence-electron chi connectivity index (χ0n) is 20.6. The first-order valence-electron chi connectivity index (χ1n) is 12.5. The first-order chi connectivity index (χ1) is 18.3. The monoisotopic (exact) mass is 531 g/mol. The molecular formula is C30H24ClF2N3O2. The van der Waals surface area contributed by atoms with Crippen molar-refractivity contribution in [2.45, 2.75) is 13.1 Å². The molecule has 0 bridgehead atoms. The van der Waals surface area contributed by atoms with Crippen LogP contribution in [0.4, 0.5) is 14.5 Å². The summed E-state index contributed by atoms with van der Waals surface area (Å²) in [4.78, 5) is 31.2. The molecule has 0 radical (unpaired) electrons. The van der Waals surface area contributed by atoms with Gasteiger partial charge in [0.25, 0.3) is 11.5 Å². The summed E-state index contributed by atoms with van der Waals surface area (Å²) in [7, 11) is 0. The van der Waals surface area contributed by atoms with Gasteiger partial charge >= 0.3 is 0 Å². The maximum absolute atomic E-state index is 16.1. The predicted octanol–water partition coefficient (Wildman–Crippen LogP) is 6.30. The summed E-state index contributed by atoms with van der Waals surface area (Å²) in [5, 5.41) is 3.64. The lowest BCUT2D eigenvalue weighted by Gasteiger charge is -2.36. The minimum absolute atomic E-state index is 0.250. The number of amides is 1. The number of benzene rings is 4. The van der Waals surface area contributed by atoms with E-state index in [4.69, 9.17) is 11.6 Å². The summed E-state index contributed by atoms with van der Waals surface area (Å²) >= 11 is 6.54. The summed E-state index contributed by atoms with van der Waals surface area (Å²) in [6.45, 7) is 2.57. The zero-order valence-corrected chi connectivity index (χ0v) is 21.4. The molecule has 2 heterocycles. The Morgan fingerprint density at radius 2 is 1.66 bits per heavy atom. The first kappa shape index (κ1) is 24.4. The quantitative estimate of drug-likeness (QED) is 0.278. The van der Waals surface area contributed by atoms with Crippen molar-refractivity contribution in [2.75, 3.05) is 31.1 Å². The lowest BCUT2D eigenvalue weighted by Crippen LogP contribution is -2.50. The number of aromatic nitrogens is 1. The molecule has 0 saturated carbocycles. The highest BCUT2D eigenvalue weighted by Crippen LogP contribution is 2.37. The van der Waals surface area contributed by atoms with E-state index >= 15 is 4.39 Å². The molecule has 8 heteroatoms. The number of halogens is 3. The molecule has 1 saturated heterocycles. The van der Waals surface area contributed by atoms with Crippen LogP contribution in [0.5, 0.6) is 0 Å². The molecule has 1 unspecified atom stereocenters. The van der Waals surface area contributed by atoms with Crippen molar-refractivity contribution in [3.8, 4) is 11.1 Å². The normalized spacial score (nSPS) is 14.9. The molecule has 1 aromatic heterocycles. The van der Waals surface area contributed by atoms with Gasteiger partial charge in [0.15, 0.2) is 12.0 Å². The predicted molar refractivity (Wildman–Crippen MR) is 149 cm³/mol. The van der Waals surface area contributed by atoms with Gasteiger partial charge in [-0.3, -0.25) is 9.59 Å². The van der Waals surface area contributed by atoms with Gasteiger partial charge in [-0.05, 0) is 47.7 Å². The summed E-state index contributed by atoms with van der Waals surface area (Å²) in [5.41, 5.74) is 2.27. The Hall–Kier alpha value is -3.97. The summed E-state index contributed by atoms with van der Waals surface area (Å²) in [6.07, 6.45) is -1.56.